The van der Waals surface area contributed by atoms with Crippen molar-refractivity contribution in [3.05, 3.63) is 54.1 Å². The SMILES string of the molecule is CC(=O)c1ccc(NC(=O)CSc2nnc(-c3ccccc3O)o2)cc1. The number of phenols is 1. The van der Waals surface area contributed by atoms with Gasteiger partial charge in [0.25, 0.3) is 11.1 Å². The van der Waals surface area contributed by atoms with Gasteiger partial charge in [-0.05, 0) is 43.3 Å². The summed E-state index contributed by atoms with van der Waals surface area (Å²) >= 11 is 1.09. The topological polar surface area (TPSA) is 105 Å². The summed E-state index contributed by atoms with van der Waals surface area (Å²) in [6.45, 7) is 1.48. The first kappa shape index (κ1) is 17.7. The Balaban J connectivity index is 1.56. The van der Waals surface area contributed by atoms with Crippen molar-refractivity contribution in [2.24, 2.45) is 0 Å². The molecule has 0 saturated carbocycles. The highest BCUT2D eigenvalue weighted by molar-refractivity contribution is 7.99. The molecular weight excluding hydrogens is 354 g/mol. The fourth-order valence-corrected chi connectivity index (χ4v) is 2.71. The van der Waals surface area contributed by atoms with Crippen molar-refractivity contribution in [1.29, 1.82) is 0 Å². The molecule has 0 radical (unpaired) electrons. The standard InChI is InChI=1S/C18H15N3O4S/c1-11(22)12-6-8-13(9-7-12)19-16(24)10-26-18-21-20-17(25-18)14-4-2-3-5-15(14)23/h2-9,23H,10H2,1H3,(H,19,24). The number of aromatic hydroxyl groups is 1. The third kappa shape index (κ3) is 4.28. The Labute approximate surface area is 153 Å². The van der Waals surface area contributed by atoms with E-state index in [1.165, 1.54) is 13.0 Å². The number of nitrogens with one attached hydrogen (secondary N) is 1. The number of carbonyl (C=O) groups excluding carboxylic acids is 2. The maximum atomic E-state index is 12.0. The molecule has 1 amide bonds. The Morgan fingerprint density at radius 3 is 2.54 bits per heavy atom. The summed E-state index contributed by atoms with van der Waals surface area (Å²) in [6, 6.07) is 13.3. The second-order valence-corrected chi connectivity index (χ2v) is 6.29. The van der Waals surface area contributed by atoms with E-state index in [4.69, 9.17) is 4.42 Å². The molecule has 0 fully saturated rings. The molecule has 26 heavy (non-hydrogen) atoms. The van der Waals surface area contributed by atoms with Crippen molar-refractivity contribution in [2.45, 2.75) is 12.1 Å². The van der Waals surface area contributed by atoms with Crippen molar-refractivity contribution in [2.75, 3.05) is 11.1 Å². The van der Waals surface area contributed by atoms with Crippen LogP contribution in [0.1, 0.15) is 17.3 Å². The third-order valence-corrected chi connectivity index (χ3v) is 4.26. The lowest BCUT2D eigenvalue weighted by Gasteiger charge is -2.04. The minimum Gasteiger partial charge on any atom is -0.507 e. The second kappa shape index (κ2) is 7.83. The first-order valence-electron chi connectivity index (χ1n) is 7.68. The van der Waals surface area contributed by atoms with Crippen LogP contribution in [0.3, 0.4) is 0 Å². The Hall–Kier alpha value is -3.13. The van der Waals surface area contributed by atoms with Crippen LogP contribution < -0.4 is 5.32 Å². The van der Waals surface area contributed by atoms with Crippen LogP contribution in [-0.2, 0) is 4.79 Å². The molecule has 0 aliphatic heterocycles. The summed E-state index contributed by atoms with van der Waals surface area (Å²) in [6.07, 6.45) is 0. The predicted octanol–water partition coefficient (Wildman–Crippen LogP) is 3.38. The lowest BCUT2D eigenvalue weighted by Crippen LogP contribution is -2.14. The van der Waals surface area contributed by atoms with E-state index in [1.54, 1.807) is 42.5 Å². The Kier molecular flexibility index (Phi) is 5.33. The van der Waals surface area contributed by atoms with E-state index >= 15 is 0 Å². The van der Waals surface area contributed by atoms with Gasteiger partial charge in [-0.15, -0.1) is 10.2 Å². The molecule has 8 heteroatoms. The number of hydrogen-bond acceptors (Lipinski definition) is 7. The van der Waals surface area contributed by atoms with Crippen LogP contribution >= 0.6 is 11.8 Å². The molecule has 7 nitrogen and oxygen atoms in total. The molecule has 3 rings (SSSR count). The molecule has 0 aliphatic rings. The highest BCUT2D eigenvalue weighted by Crippen LogP contribution is 2.29. The number of phenolic OH excluding ortho intramolecular Hbond substituents is 1. The molecule has 0 bridgehead atoms. The number of aromatic nitrogens is 2. The molecule has 1 heterocycles. The van der Waals surface area contributed by atoms with Gasteiger partial charge in [0, 0.05) is 11.3 Å². The van der Waals surface area contributed by atoms with E-state index in [0.717, 1.165) is 11.8 Å². The van der Waals surface area contributed by atoms with Crippen molar-refractivity contribution < 1.29 is 19.1 Å². The van der Waals surface area contributed by atoms with Crippen molar-refractivity contribution in [1.82, 2.24) is 10.2 Å². The number of amides is 1. The minimum atomic E-state index is -0.243. The van der Waals surface area contributed by atoms with Crippen LogP contribution in [0.15, 0.2) is 58.2 Å². The predicted molar refractivity (Wildman–Crippen MR) is 97.2 cm³/mol. The van der Waals surface area contributed by atoms with Crippen LogP contribution in [0.5, 0.6) is 5.75 Å². The fourth-order valence-electron chi connectivity index (χ4n) is 2.14. The zero-order chi connectivity index (χ0) is 18.5. The number of para-hydroxylation sites is 1. The van der Waals surface area contributed by atoms with Gasteiger partial charge in [0.1, 0.15) is 5.75 Å². The van der Waals surface area contributed by atoms with Gasteiger partial charge in [0.05, 0.1) is 11.3 Å². The number of benzene rings is 2. The number of hydrogen-bond donors (Lipinski definition) is 2. The first-order chi connectivity index (χ1) is 12.5. The molecule has 0 atom stereocenters. The maximum Gasteiger partial charge on any atom is 0.277 e. The molecule has 0 aliphatic carbocycles. The second-order valence-electron chi connectivity index (χ2n) is 5.36. The lowest BCUT2D eigenvalue weighted by atomic mass is 10.1. The Morgan fingerprint density at radius 1 is 1.12 bits per heavy atom. The smallest absolute Gasteiger partial charge is 0.277 e. The molecule has 3 aromatic rings. The van der Waals surface area contributed by atoms with Gasteiger partial charge in [-0.3, -0.25) is 9.59 Å². The quantitative estimate of drug-likeness (QED) is 0.507. The molecule has 132 valence electrons. The first-order valence-corrected chi connectivity index (χ1v) is 8.67. The lowest BCUT2D eigenvalue weighted by molar-refractivity contribution is -0.113. The van der Waals surface area contributed by atoms with Gasteiger partial charge >= 0.3 is 0 Å². The van der Waals surface area contributed by atoms with Gasteiger partial charge in [0.2, 0.25) is 5.91 Å². The van der Waals surface area contributed by atoms with Gasteiger partial charge in [-0.1, -0.05) is 23.9 Å². The Morgan fingerprint density at radius 2 is 1.85 bits per heavy atom. The van der Waals surface area contributed by atoms with Gasteiger partial charge < -0.3 is 14.8 Å². The number of rotatable bonds is 6. The highest BCUT2D eigenvalue weighted by Gasteiger charge is 2.13. The van der Waals surface area contributed by atoms with Crippen molar-refractivity contribution >= 4 is 29.1 Å². The van der Waals surface area contributed by atoms with Crippen LogP contribution in [0.4, 0.5) is 5.69 Å². The summed E-state index contributed by atoms with van der Waals surface area (Å²) in [5.41, 5.74) is 1.61. The Bertz CT molecular complexity index is 938. The zero-order valence-electron chi connectivity index (χ0n) is 13.8. The number of carbonyl (C=O) groups is 2. The fraction of sp³-hybridized carbons (Fsp3) is 0.111. The van der Waals surface area contributed by atoms with Gasteiger partial charge in [-0.2, -0.15) is 0 Å². The van der Waals surface area contributed by atoms with Crippen LogP contribution in [-0.4, -0.2) is 32.7 Å². The largest absolute Gasteiger partial charge is 0.507 e. The number of anilines is 1. The van der Waals surface area contributed by atoms with E-state index in [9.17, 15) is 14.7 Å². The summed E-state index contributed by atoms with van der Waals surface area (Å²) in [5, 5.41) is 20.5. The number of Topliss-reactive ketones (excluding diaryl/α,β-unsaturated/α-hetero) is 1. The van der Waals surface area contributed by atoms with Crippen LogP contribution in [0.2, 0.25) is 0 Å². The van der Waals surface area contributed by atoms with E-state index in [1.807, 2.05) is 0 Å². The third-order valence-electron chi connectivity index (χ3n) is 3.44. The van der Waals surface area contributed by atoms with Crippen molar-refractivity contribution in [3.63, 3.8) is 0 Å². The molecule has 2 N–H and O–H groups in total. The highest BCUT2D eigenvalue weighted by atomic mass is 32.2. The van der Waals surface area contributed by atoms with E-state index < -0.39 is 0 Å². The molecular formula is C18H15N3O4S. The number of nitrogens with zero attached hydrogens (tertiary/aromatic N) is 2. The van der Waals surface area contributed by atoms with E-state index in [2.05, 4.69) is 15.5 Å². The summed E-state index contributed by atoms with van der Waals surface area (Å²) < 4.78 is 5.46. The summed E-state index contributed by atoms with van der Waals surface area (Å²) in [7, 11) is 0. The van der Waals surface area contributed by atoms with Gasteiger partial charge in [-0.25, -0.2) is 0 Å². The molecule has 2 aromatic carbocycles. The monoisotopic (exact) mass is 369 g/mol. The van der Waals surface area contributed by atoms with Gasteiger partial charge in [0.15, 0.2) is 5.78 Å². The zero-order valence-corrected chi connectivity index (χ0v) is 14.6. The van der Waals surface area contributed by atoms with Crippen LogP contribution in [0.25, 0.3) is 11.5 Å². The average molecular weight is 369 g/mol. The molecule has 0 spiro atoms. The van der Waals surface area contributed by atoms with Crippen LogP contribution in [0, 0.1) is 0 Å². The maximum absolute atomic E-state index is 12.0. The molecule has 0 saturated heterocycles. The summed E-state index contributed by atoms with van der Waals surface area (Å²) in [5.74, 6) is 0.0323. The minimum absolute atomic E-state index is 0.0323. The number of ketones is 1. The van der Waals surface area contributed by atoms with Crippen molar-refractivity contribution in [3.8, 4) is 17.2 Å². The normalized spacial score (nSPS) is 10.5. The average Bonchev–Trinajstić information content (AvgIpc) is 3.09. The van der Waals surface area contributed by atoms with E-state index in [0.29, 0.717) is 16.8 Å². The molecule has 1 aromatic heterocycles. The number of thioether (sulfide) groups is 1. The van der Waals surface area contributed by atoms with E-state index in [-0.39, 0.29) is 34.3 Å². The summed E-state index contributed by atoms with van der Waals surface area (Å²) in [4.78, 5) is 23.2. The molecule has 0 unspecified atom stereocenters.